The minimum atomic E-state index is 0.295. The fourth-order valence-electron chi connectivity index (χ4n) is 1.27. The fraction of sp³-hybridized carbons (Fsp3) is 0.600. The van der Waals surface area contributed by atoms with Crippen molar-refractivity contribution in [3.05, 3.63) is 17.0 Å². The van der Waals surface area contributed by atoms with Gasteiger partial charge in [-0.1, -0.05) is 0 Å². The number of anilines is 1. The smallest absolute Gasteiger partial charge is 0.224 e. The van der Waals surface area contributed by atoms with E-state index in [1.165, 1.54) is 0 Å². The van der Waals surface area contributed by atoms with Gasteiger partial charge >= 0.3 is 0 Å². The third kappa shape index (κ3) is 4.01. The topological polar surface area (TPSA) is 38.2 Å². The van der Waals surface area contributed by atoms with E-state index in [4.69, 9.17) is 16.3 Å². The molecule has 0 spiro atoms. The van der Waals surface area contributed by atoms with Crippen LogP contribution in [-0.2, 0) is 4.74 Å². The lowest BCUT2D eigenvalue weighted by molar-refractivity contribution is 0.196. The van der Waals surface area contributed by atoms with Crippen LogP contribution in [0.1, 0.15) is 12.1 Å². The Kier molecular flexibility index (Phi) is 4.78. The van der Waals surface area contributed by atoms with Crippen molar-refractivity contribution in [2.24, 2.45) is 0 Å². The first-order valence-electron chi connectivity index (χ1n) is 4.84. The van der Waals surface area contributed by atoms with Crippen molar-refractivity contribution in [1.29, 1.82) is 0 Å². The summed E-state index contributed by atoms with van der Waals surface area (Å²) in [6, 6.07) is 1.92. The van der Waals surface area contributed by atoms with Gasteiger partial charge in [0.1, 0.15) is 5.82 Å². The predicted molar refractivity (Wildman–Crippen MR) is 61.5 cm³/mol. The highest BCUT2D eigenvalue weighted by molar-refractivity contribution is 6.28. The van der Waals surface area contributed by atoms with Gasteiger partial charge in [-0.05, 0) is 24.9 Å². The van der Waals surface area contributed by atoms with Gasteiger partial charge in [-0.3, -0.25) is 0 Å². The summed E-state index contributed by atoms with van der Waals surface area (Å²) in [6.45, 7) is 3.54. The molecule has 0 aliphatic rings. The lowest BCUT2D eigenvalue weighted by atomic mass is 10.3. The Morgan fingerprint density at radius 2 is 2.20 bits per heavy atom. The van der Waals surface area contributed by atoms with Crippen LogP contribution in [0.15, 0.2) is 6.07 Å². The van der Waals surface area contributed by atoms with Crippen LogP contribution in [0.2, 0.25) is 5.28 Å². The molecule has 1 rings (SSSR count). The lowest BCUT2D eigenvalue weighted by Gasteiger charge is -2.18. The molecule has 0 aliphatic heterocycles. The molecule has 15 heavy (non-hydrogen) atoms. The van der Waals surface area contributed by atoms with E-state index < -0.39 is 0 Å². The Morgan fingerprint density at radius 1 is 1.47 bits per heavy atom. The fourth-order valence-corrected chi connectivity index (χ4v) is 1.49. The summed E-state index contributed by atoms with van der Waals surface area (Å²) in [7, 11) is 3.68. The van der Waals surface area contributed by atoms with E-state index >= 15 is 0 Å². The molecule has 0 fully saturated rings. The molecule has 5 heteroatoms. The Morgan fingerprint density at radius 3 is 2.80 bits per heavy atom. The van der Waals surface area contributed by atoms with E-state index in [1.54, 1.807) is 7.11 Å². The summed E-state index contributed by atoms with van der Waals surface area (Å²) in [4.78, 5) is 10.2. The van der Waals surface area contributed by atoms with Gasteiger partial charge in [0.2, 0.25) is 5.28 Å². The Hall–Kier alpha value is -0.870. The number of hydrogen-bond donors (Lipinski definition) is 0. The Balaban J connectivity index is 2.60. The van der Waals surface area contributed by atoms with Crippen molar-refractivity contribution in [3.8, 4) is 0 Å². The maximum absolute atomic E-state index is 5.78. The number of halogens is 1. The Labute approximate surface area is 95.2 Å². The molecule has 4 nitrogen and oxygen atoms in total. The third-order valence-corrected chi connectivity index (χ3v) is 2.22. The molecule has 0 aromatic carbocycles. The largest absolute Gasteiger partial charge is 0.385 e. The zero-order chi connectivity index (χ0) is 11.3. The Bertz CT molecular complexity index is 299. The molecule has 0 unspecified atom stereocenters. The predicted octanol–water partition coefficient (Wildman–Crippen LogP) is 1.91. The summed E-state index contributed by atoms with van der Waals surface area (Å²) in [5, 5.41) is 0.295. The molecule has 0 N–H and O–H groups in total. The number of aromatic nitrogens is 2. The van der Waals surface area contributed by atoms with Crippen LogP contribution in [0.3, 0.4) is 0 Å². The van der Waals surface area contributed by atoms with E-state index in [0.717, 1.165) is 31.1 Å². The van der Waals surface area contributed by atoms with Gasteiger partial charge in [-0.25, -0.2) is 9.97 Å². The monoisotopic (exact) mass is 229 g/mol. The first-order valence-corrected chi connectivity index (χ1v) is 5.22. The second-order valence-electron chi connectivity index (χ2n) is 3.40. The lowest BCUT2D eigenvalue weighted by Crippen LogP contribution is -2.21. The van der Waals surface area contributed by atoms with Crippen LogP contribution in [0.25, 0.3) is 0 Å². The summed E-state index contributed by atoms with van der Waals surface area (Å²) in [5.41, 5.74) is 0.878. The number of ether oxygens (including phenoxy) is 1. The maximum Gasteiger partial charge on any atom is 0.224 e. The highest BCUT2D eigenvalue weighted by atomic mass is 35.5. The summed E-state index contributed by atoms with van der Waals surface area (Å²) >= 11 is 5.78. The van der Waals surface area contributed by atoms with Crippen LogP contribution in [0.4, 0.5) is 5.82 Å². The third-order valence-electron chi connectivity index (χ3n) is 2.05. The van der Waals surface area contributed by atoms with Gasteiger partial charge in [0.05, 0.1) is 0 Å². The number of aryl methyl sites for hydroxylation is 1. The van der Waals surface area contributed by atoms with E-state index in [9.17, 15) is 0 Å². The molecule has 0 amide bonds. The van der Waals surface area contributed by atoms with Gasteiger partial charge < -0.3 is 9.64 Å². The zero-order valence-corrected chi connectivity index (χ0v) is 10.1. The number of hydrogen-bond acceptors (Lipinski definition) is 4. The molecule has 1 heterocycles. The van der Waals surface area contributed by atoms with E-state index in [0.29, 0.717) is 5.28 Å². The van der Waals surface area contributed by atoms with Crippen molar-refractivity contribution in [2.45, 2.75) is 13.3 Å². The maximum atomic E-state index is 5.78. The van der Waals surface area contributed by atoms with Crippen LogP contribution in [0, 0.1) is 6.92 Å². The standard InChI is InChI=1S/C10H16ClN3O/c1-8-7-9(13-10(11)12-8)14(2)5-4-6-15-3/h7H,4-6H2,1-3H3. The van der Waals surface area contributed by atoms with Crippen molar-refractivity contribution in [1.82, 2.24) is 9.97 Å². The van der Waals surface area contributed by atoms with Crippen LogP contribution < -0.4 is 4.90 Å². The van der Waals surface area contributed by atoms with Gasteiger partial charge in [0.25, 0.3) is 0 Å². The highest BCUT2D eigenvalue weighted by Gasteiger charge is 2.04. The van der Waals surface area contributed by atoms with E-state index in [2.05, 4.69) is 9.97 Å². The van der Waals surface area contributed by atoms with Gasteiger partial charge in [-0.2, -0.15) is 0 Å². The molecular formula is C10H16ClN3O. The van der Waals surface area contributed by atoms with E-state index in [1.807, 2.05) is 24.9 Å². The van der Waals surface area contributed by atoms with Crippen LogP contribution in [0.5, 0.6) is 0 Å². The molecule has 1 aromatic heterocycles. The van der Waals surface area contributed by atoms with Gasteiger partial charge in [0, 0.05) is 39.1 Å². The van der Waals surface area contributed by atoms with Gasteiger partial charge in [0.15, 0.2) is 0 Å². The van der Waals surface area contributed by atoms with Crippen molar-refractivity contribution in [2.75, 3.05) is 32.2 Å². The molecular weight excluding hydrogens is 214 g/mol. The van der Waals surface area contributed by atoms with Crippen molar-refractivity contribution < 1.29 is 4.74 Å². The van der Waals surface area contributed by atoms with Crippen molar-refractivity contribution >= 4 is 17.4 Å². The highest BCUT2D eigenvalue weighted by Crippen LogP contribution is 2.13. The molecule has 0 saturated carbocycles. The average molecular weight is 230 g/mol. The second kappa shape index (κ2) is 5.88. The summed E-state index contributed by atoms with van der Waals surface area (Å²) < 4.78 is 4.99. The SMILES string of the molecule is COCCCN(C)c1cc(C)nc(Cl)n1. The number of methoxy groups -OCH3 is 1. The van der Waals surface area contributed by atoms with E-state index in [-0.39, 0.29) is 0 Å². The summed E-state index contributed by atoms with van der Waals surface area (Å²) in [5.74, 6) is 0.851. The molecule has 0 atom stereocenters. The molecule has 0 saturated heterocycles. The molecule has 0 radical (unpaired) electrons. The first-order chi connectivity index (χ1) is 7.13. The minimum absolute atomic E-state index is 0.295. The number of nitrogens with zero attached hydrogens (tertiary/aromatic N) is 3. The summed E-state index contributed by atoms with van der Waals surface area (Å²) in [6.07, 6.45) is 0.966. The van der Waals surface area contributed by atoms with Crippen LogP contribution >= 0.6 is 11.6 Å². The van der Waals surface area contributed by atoms with Crippen LogP contribution in [-0.4, -0.2) is 37.3 Å². The normalized spacial score (nSPS) is 10.4. The first kappa shape index (κ1) is 12.2. The van der Waals surface area contributed by atoms with Gasteiger partial charge in [-0.15, -0.1) is 0 Å². The van der Waals surface area contributed by atoms with Crippen molar-refractivity contribution in [3.63, 3.8) is 0 Å². The number of rotatable bonds is 5. The molecule has 84 valence electrons. The molecule has 0 bridgehead atoms. The minimum Gasteiger partial charge on any atom is -0.385 e. The zero-order valence-electron chi connectivity index (χ0n) is 9.33. The molecule has 0 aliphatic carbocycles. The second-order valence-corrected chi connectivity index (χ2v) is 3.74. The quantitative estimate of drug-likeness (QED) is 0.571. The molecule has 1 aromatic rings. The average Bonchev–Trinajstić information content (AvgIpc) is 2.16.